The summed E-state index contributed by atoms with van der Waals surface area (Å²) in [6.07, 6.45) is 23.4. The van der Waals surface area contributed by atoms with Gasteiger partial charge in [0.05, 0.1) is 80.0 Å². The SMILES string of the molecule is CCCCCCCCCCCCCCCCCC[N+](C)(C)CCC[Si]1(OCC)OCCOCC(COCCO)OCCO1. The van der Waals surface area contributed by atoms with Crippen LogP contribution in [-0.4, -0.2) is 111 Å². The Morgan fingerprint density at radius 2 is 1.23 bits per heavy atom. The van der Waals surface area contributed by atoms with Crippen LogP contribution in [0.25, 0.3) is 0 Å². The first kappa shape index (κ1) is 40.9. The fraction of sp³-hybridized carbons (Fsp3) is 1.00. The van der Waals surface area contributed by atoms with Gasteiger partial charge < -0.3 is 37.1 Å². The van der Waals surface area contributed by atoms with Gasteiger partial charge in [0.2, 0.25) is 0 Å². The third-order valence-corrected chi connectivity index (χ3v) is 11.4. The van der Waals surface area contributed by atoms with Crippen molar-refractivity contribution in [3.63, 3.8) is 0 Å². The molecule has 0 amide bonds. The highest BCUT2D eigenvalue weighted by Crippen LogP contribution is 2.21. The number of rotatable bonds is 27. The van der Waals surface area contributed by atoms with Crippen molar-refractivity contribution in [1.29, 1.82) is 0 Å². The van der Waals surface area contributed by atoms with Crippen LogP contribution in [0, 0.1) is 0 Å². The summed E-state index contributed by atoms with van der Waals surface area (Å²) >= 11 is 0. The van der Waals surface area contributed by atoms with E-state index in [9.17, 15) is 0 Å². The number of aliphatic hydroxyl groups is 1. The monoisotopic (exact) mass is 635 g/mol. The zero-order valence-electron chi connectivity index (χ0n) is 28.9. The van der Waals surface area contributed by atoms with Gasteiger partial charge in [-0.25, -0.2) is 0 Å². The minimum absolute atomic E-state index is 0.00202. The predicted octanol–water partition coefficient (Wildman–Crippen LogP) is 7.15. The number of nitrogens with zero attached hydrogens (tertiary/aromatic N) is 1. The first-order valence-electron chi connectivity index (χ1n) is 18.1. The van der Waals surface area contributed by atoms with Crippen molar-refractivity contribution in [2.24, 2.45) is 0 Å². The van der Waals surface area contributed by atoms with Crippen molar-refractivity contribution in [3.8, 4) is 0 Å². The molecule has 8 nitrogen and oxygen atoms in total. The molecular weight excluding hydrogens is 562 g/mol. The summed E-state index contributed by atoms with van der Waals surface area (Å²) in [4.78, 5) is 0. The molecule has 2 atom stereocenters. The second-order valence-corrected chi connectivity index (χ2v) is 15.7. The molecule has 1 fully saturated rings. The molecule has 9 heteroatoms. The van der Waals surface area contributed by atoms with Gasteiger partial charge >= 0.3 is 8.80 Å². The summed E-state index contributed by atoms with van der Waals surface area (Å²) in [6.45, 7) is 10.1. The van der Waals surface area contributed by atoms with Crippen molar-refractivity contribution >= 4 is 8.80 Å². The number of unbranched alkanes of at least 4 members (excludes halogenated alkanes) is 15. The average Bonchev–Trinajstić information content (AvgIpc) is 3.02. The fourth-order valence-electron chi connectivity index (χ4n) is 5.79. The molecule has 0 aromatic carbocycles. The highest BCUT2D eigenvalue weighted by Gasteiger charge is 2.41. The Bertz CT molecular complexity index is 601. The topological polar surface area (TPSA) is 75.6 Å². The van der Waals surface area contributed by atoms with Crippen LogP contribution in [0.2, 0.25) is 6.04 Å². The van der Waals surface area contributed by atoms with Crippen LogP contribution in [0.4, 0.5) is 0 Å². The molecule has 1 aliphatic rings. The van der Waals surface area contributed by atoms with E-state index in [-0.39, 0.29) is 12.7 Å². The molecule has 0 bridgehead atoms. The van der Waals surface area contributed by atoms with E-state index in [0.717, 1.165) is 23.5 Å². The molecule has 1 N–H and O–H groups in total. The number of hydrogen-bond donors (Lipinski definition) is 1. The normalized spacial score (nSPS) is 20.7. The molecule has 1 aliphatic heterocycles. The number of quaternary nitrogens is 1. The molecule has 1 saturated heterocycles. The maximum Gasteiger partial charge on any atom is 0.501 e. The predicted molar refractivity (Wildman–Crippen MR) is 179 cm³/mol. The zero-order chi connectivity index (χ0) is 31.3. The Labute approximate surface area is 267 Å². The molecule has 2 unspecified atom stereocenters. The molecule has 1 rings (SSSR count). The smallest absolute Gasteiger partial charge is 0.394 e. The molecule has 0 aromatic rings. The quantitative estimate of drug-likeness (QED) is 0.0585. The van der Waals surface area contributed by atoms with Crippen LogP contribution in [0.15, 0.2) is 0 Å². The lowest BCUT2D eigenvalue weighted by Crippen LogP contribution is -2.49. The second-order valence-electron chi connectivity index (χ2n) is 13.0. The first-order valence-corrected chi connectivity index (χ1v) is 20.0. The molecular formula is C34H72NO7Si+. The van der Waals surface area contributed by atoms with E-state index in [1.807, 2.05) is 6.92 Å². The Balaban J connectivity index is 2.18. The molecule has 0 radical (unpaired) electrons. The fourth-order valence-corrected chi connectivity index (χ4v) is 8.29. The summed E-state index contributed by atoms with van der Waals surface area (Å²) in [7, 11) is 1.89. The van der Waals surface area contributed by atoms with Crippen LogP contribution < -0.4 is 0 Å². The van der Waals surface area contributed by atoms with Gasteiger partial charge in [-0.05, 0) is 19.8 Å². The van der Waals surface area contributed by atoms with E-state index < -0.39 is 8.80 Å². The lowest BCUT2D eigenvalue weighted by atomic mass is 10.0. The minimum atomic E-state index is -2.81. The third kappa shape index (κ3) is 23.8. The molecule has 258 valence electrons. The summed E-state index contributed by atoms with van der Waals surface area (Å²) in [5.74, 6) is 0. The lowest BCUT2D eigenvalue weighted by Gasteiger charge is -2.33. The Kier molecular flexibility index (Phi) is 26.8. The van der Waals surface area contributed by atoms with E-state index in [1.54, 1.807) is 0 Å². The molecule has 0 aliphatic carbocycles. The summed E-state index contributed by atoms with van der Waals surface area (Å²) in [6, 6.07) is 0.810. The molecule has 1 heterocycles. The Morgan fingerprint density at radius 1 is 0.698 bits per heavy atom. The largest absolute Gasteiger partial charge is 0.501 e. The van der Waals surface area contributed by atoms with Crippen molar-refractivity contribution in [2.75, 3.05) is 86.6 Å². The van der Waals surface area contributed by atoms with E-state index in [0.29, 0.717) is 52.9 Å². The second kappa shape index (κ2) is 28.1. The van der Waals surface area contributed by atoms with E-state index in [1.165, 1.54) is 109 Å². The average molecular weight is 635 g/mol. The van der Waals surface area contributed by atoms with Gasteiger partial charge in [-0.1, -0.05) is 96.8 Å². The molecule has 43 heavy (non-hydrogen) atoms. The molecule has 0 aromatic heterocycles. The van der Waals surface area contributed by atoms with Gasteiger partial charge in [0.15, 0.2) is 0 Å². The van der Waals surface area contributed by atoms with Crippen LogP contribution in [0.1, 0.15) is 123 Å². The van der Waals surface area contributed by atoms with Crippen molar-refractivity contribution in [2.45, 2.75) is 135 Å². The highest BCUT2D eigenvalue weighted by molar-refractivity contribution is 6.60. The van der Waals surface area contributed by atoms with Gasteiger partial charge in [-0.15, -0.1) is 0 Å². The minimum Gasteiger partial charge on any atom is -0.394 e. The maximum atomic E-state index is 8.94. The Morgan fingerprint density at radius 3 is 1.79 bits per heavy atom. The van der Waals surface area contributed by atoms with Crippen LogP contribution in [0.3, 0.4) is 0 Å². The lowest BCUT2D eigenvalue weighted by molar-refractivity contribution is -0.890. The van der Waals surface area contributed by atoms with Gasteiger partial charge in [0, 0.05) is 19.1 Å². The van der Waals surface area contributed by atoms with Gasteiger partial charge in [-0.2, -0.15) is 0 Å². The van der Waals surface area contributed by atoms with E-state index >= 15 is 0 Å². The van der Waals surface area contributed by atoms with E-state index in [2.05, 4.69) is 21.0 Å². The van der Waals surface area contributed by atoms with Gasteiger partial charge in [-0.3, -0.25) is 0 Å². The third-order valence-electron chi connectivity index (χ3n) is 8.38. The Hall–Kier alpha value is -0.103. The van der Waals surface area contributed by atoms with Crippen LogP contribution in [-0.2, 0) is 27.5 Å². The first-order chi connectivity index (χ1) is 21.0. The summed E-state index contributed by atoms with van der Waals surface area (Å²) < 4.78 is 36.9. The van der Waals surface area contributed by atoms with Crippen molar-refractivity contribution in [3.05, 3.63) is 0 Å². The van der Waals surface area contributed by atoms with Gasteiger partial charge in [0.25, 0.3) is 0 Å². The van der Waals surface area contributed by atoms with Crippen molar-refractivity contribution in [1.82, 2.24) is 0 Å². The standard InChI is InChI=1S/C34H72NO7Si/c1-5-7-8-9-10-11-12-13-14-15-16-17-18-19-20-21-23-35(3,4)24-22-31-43(40-6-2)41-29-27-38-33-34(32-37-26-25-36)39-28-30-42-43/h34,36H,5-33H2,1-4H3/q+1. The van der Waals surface area contributed by atoms with Crippen LogP contribution >= 0.6 is 0 Å². The summed E-state index contributed by atoms with van der Waals surface area (Å²) in [5, 5.41) is 8.94. The van der Waals surface area contributed by atoms with Crippen LogP contribution in [0.5, 0.6) is 0 Å². The maximum absolute atomic E-state index is 8.94. The zero-order valence-corrected chi connectivity index (χ0v) is 29.9. The summed E-state index contributed by atoms with van der Waals surface area (Å²) in [5.41, 5.74) is 0. The number of ether oxygens (including phenoxy) is 3. The van der Waals surface area contributed by atoms with Crippen molar-refractivity contribution < 1.29 is 37.1 Å². The number of hydrogen-bond acceptors (Lipinski definition) is 7. The number of aliphatic hydroxyl groups excluding tert-OH is 1. The molecule has 0 spiro atoms. The molecule has 0 saturated carbocycles. The van der Waals surface area contributed by atoms with Gasteiger partial charge in [0.1, 0.15) is 6.10 Å². The highest BCUT2D eigenvalue weighted by atomic mass is 28.4. The van der Waals surface area contributed by atoms with E-state index in [4.69, 9.17) is 32.6 Å².